The largest absolute Gasteiger partial charge is 0.497 e. The van der Waals surface area contributed by atoms with E-state index in [1.165, 1.54) is 0 Å². The molecule has 2 rings (SSSR count). The monoisotopic (exact) mass is 393 g/mol. The Kier molecular flexibility index (Phi) is 8.53. The van der Waals surface area contributed by atoms with Gasteiger partial charge in [-0.2, -0.15) is 0 Å². The van der Waals surface area contributed by atoms with Crippen molar-refractivity contribution in [2.24, 2.45) is 11.7 Å². The Morgan fingerprint density at radius 1 is 1.15 bits per heavy atom. The summed E-state index contributed by atoms with van der Waals surface area (Å²) in [7, 11) is 3.36. The predicted octanol–water partition coefficient (Wildman–Crippen LogP) is 2.33. The molecule has 148 valence electrons. The number of nitrogens with one attached hydrogen (secondary N) is 1. The highest BCUT2D eigenvalue weighted by Crippen LogP contribution is 2.22. The fourth-order valence-corrected chi connectivity index (χ4v) is 2.58. The summed E-state index contributed by atoms with van der Waals surface area (Å²) in [5.41, 5.74) is 6.79. The van der Waals surface area contributed by atoms with E-state index in [0.29, 0.717) is 6.54 Å². The summed E-state index contributed by atoms with van der Waals surface area (Å²) in [4.78, 5) is 25.7. The Morgan fingerprint density at radius 3 is 2.41 bits per heavy atom. The van der Waals surface area contributed by atoms with Crippen molar-refractivity contribution in [2.75, 3.05) is 20.7 Å². The number of hydrogen-bond acceptors (Lipinski definition) is 4. The lowest BCUT2D eigenvalue weighted by molar-refractivity contribution is -0.132. The summed E-state index contributed by atoms with van der Waals surface area (Å²) < 4.78 is 5.23. The molecule has 0 spiro atoms. The van der Waals surface area contributed by atoms with Crippen LogP contribution in [0.15, 0.2) is 36.4 Å². The molecule has 2 aromatic rings. The standard InChI is InChI=1S/C20H27N3O3.ClH/c1-13(2)19(21)20(25)22-11-18(24)23(3)12-14-5-6-16-10-17(26-4)8-7-15(16)9-14;/h5-10,13,19H,11-12,21H2,1-4H3,(H,22,25);1H/t19-;/m0./s1. The zero-order valence-electron chi connectivity index (χ0n) is 16.2. The number of halogens is 1. The lowest BCUT2D eigenvalue weighted by Crippen LogP contribution is -2.47. The van der Waals surface area contributed by atoms with Crippen molar-refractivity contribution < 1.29 is 14.3 Å². The molecule has 0 unspecified atom stereocenters. The van der Waals surface area contributed by atoms with Crippen LogP contribution in [0.3, 0.4) is 0 Å². The average Bonchev–Trinajstić information content (AvgIpc) is 2.64. The van der Waals surface area contributed by atoms with E-state index in [2.05, 4.69) is 5.32 Å². The van der Waals surface area contributed by atoms with E-state index in [0.717, 1.165) is 22.1 Å². The maximum atomic E-state index is 12.2. The Bertz CT molecular complexity index is 795. The van der Waals surface area contributed by atoms with Crippen molar-refractivity contribution in [1.29, 1.82) is 0 Å². The van der Waals surface area contributed by atoms with E-state index in [1.807, 2.05) is 50.2 Å². The quantitative estimate of drug-likeness (QED) is 0.756. The Morgan fingerprint density at radius 2 is 1.78 bits per heavy atom. The van der Waals surface area contributed by atoms with Crippen molar-refractivity contribution in [3.8, 4) is 5.75 Å². The summed E-state index contributed by atoms with van der Waals surface area (Å²) in [5, 5.41) is 4.77. The molecule has 0 aliphatic rings. The fourth-order valence-electron chi connectivity index (χ4n) is 2.58. The number of rotatable bonds is 7. The Balaban J connectivity index is 0.00000364. The Hall–Kier alpha value is -2.31. The van der Waals surface area contributed by atoms with Crippen molar-refractivity contribution in [3.63, 3.8) is 0 Å². The van der Waals surface area contributed by atoms with Crippen molar-refractivity contribution in [1.82, 2.24) is 10.2 Å². The molecule has 1 atom stereocenters. The van der Waals surface area contributed by atoms with E-state index in [1.54, 1.807) is 19.1 Å². The number of hydrogen-bond donors (Lipinski definition) is 2. The van der Waals surface area contributed by atoms with Crippen LogP contribution in [0.2, 0.25) is 0 Å². The van der Waals surface area contributed by atoms with Crippen LogP contribution < -0.4 is 15.8 Å². The minimum Gasteiger partial charge on any atom is -0.497 e. The number of methoxy groups -OCH3 is 1. The van der Waals surface area contributed by atoms with Gasteiger partial charge in [0, 0.05) is 13.6 Å². The number of benzene rings is 2. The highest BCUT2D eigenvalue weighted by molar-refractivity contribution is 5.87. The van der Waals surface area contributed by atoms with Crippen LogP contribution in [0.25, 0.3) is 10.8 Å². The average molecular weight is 394 g/mol. The van der Waals surface area contributed by atoms with Gasteiger partial charge in [0.25, 0.3) is 0 Å². The van der Waals surface area contributed by atoms with E-state index in [-0.39, 0.29) is 36.7 Å². The van der Waals surface area contributed by atoms with Gasteiger partial charge in [0.15, 0.2) is 0 Å². The van der Waals surface area contributed by atoms with Gasteiger partial charge in [-0.25, -0.2) is 0 Å². The van der Waals surface area contributed by atoms with Crippen LogP contribution in [0.4, 0.5) is 0 Å². The first-order valence-electron chi connectivity index (χ1n) is 8.65. The summed E-state index contributed by atoms with van der Waals surface area (Å²) in [6.45, 7) is 4.15. The van der Waals surface area contributed by atoms with Gasteiger partial charge in [0.1, 0.15) is 5.75 Å². The number of nitrogens with zero attached hydrogens (tertiary/aromatic N) is 1. The third-order valence-electron chi connectivity index (χ3n) is 4.39. The summed E-state index contributed by atoms with van der Waals surface area (Å²) in [6.07, 6.45) is 0. The molecule has 0 saturated heterocycles. The molecule has 0 aliphatic heterocycles. The number of nitrogens with two attached hydrogens (primary N) is 1. The first-order valence-corrected chi connectivity index (χ1v) is 8.65. The van der Waals surface area contributed by atoms with Crippen LogP contribution in [0, 0.1) is 5.92 Å². The maximum absolute atomic E-state index is 12.2. The fraction of sp³-hybridized carbons (Fsp3) is 0.400. The number of ether oxygens (including phenoxy) is 1. The van der Waals surface area contributed by atoms with Gasteiger partial charge < -0.3 is 20.7 Å². The normalized spacial score (nSPS) is 11.6. The van der Waals surface area contributed by atoms with E-state index in [4.69, 9.17) is 10.5 Å². The topological polar surface area (TPSA) is 84.7 Å². The van der Waals surface area contributed by atoms with E-state index < -0.39 is 6.04 Å². The van der Waals surface area contributed by atoms with Crippen LogP contribution in [0.1, 0.15) is 19.4 Å². The minimum absolute atomic E-state index is 0. The molecule has 7 heteroatoms. The van der Waals surface area contributed by atoms with Gasteiger partial charge in [-0.15, -0.1) is 12.4 Å². The minimum atomic E-state index is -0.606. The highest BCUT2D eigenvalue weighted by Gasteiger charge is 2.18. The third kappa shape index (κ3) is 6.12. The van der Waals surface area contributed by atoms with Gasteiger partial charge in [-0.1, -0.05) is 32.0 Å². The lowest BCUT2D eigenvalue weighted by atomic mass is 10.1. The molecule has 2 aromatic carbocycles. The van der Waals surface area contributed by atoms with Crippen molar-refractivity contribution in [2.45, 2.75) is 26.4 Å². The number of likely N-dealkylation sites (N-methyl/N-ethyl adjacent to an activating group) is 1. The number of carbonyl (C=O) groups is 2. The van der Waals surface area contributed by atoms with Crippen LogP contribution in [-0.4, -0.2) is 43.5 Å². The molecule has 6 nitrogen and oxygen atoms in total. The summed E-state index contributed by atoms with van der Waals surface area (Å²) in [5.74, 6) is 0.373. The van der Waals surface area contributed by atoms with Gasteiger partial charge in [0.05, 0.1) is 19.7 Å². The molecular weight excluding hydrogens is 366 g/mol. The molecule has 27 heavy (non-hydrogen) atoms. The zero-order valence-corrected chi connectivity index (χ0v) is 17.0. The zero-order chi connectivity index (χ0) is 19.3. The van der Waals surface area contributed by atoms with Crippen molar-refractivity contribution in [3.05, 3.63) is 42.0 Å². The van der Waals surface area contributed by atoms with Gasteiger partial charge >= 0.3 is 0 Å². The molecule has 0 radical (unpaired) electrons. The lowest BCUT2D eigenvalue weighted by Gasteiger charge is -2.20. The van der Waals surface area contributed by atoms with E-state index in [9.17, 15) is 9.59 Å². The van der Waals surface area contributed by atoms with Crippen LogP contribution in [0.5, 0.6) is 5.75 Å². The smallest absolute Gasteiger partial charge is 0.242 e. The molecular formula is C20H28ClN3O3. The van der Waals surface area contributed by atoms with E-state index >= 15 is 0 Å². The molecule has 0 aliphatic carbocycles. The van der Waals surface area contributed by atoms with Crippen molar-refractivity contribution >= 4 is 35.0 Å². The maximum Gasteiger partial charge on any atom is 0.242 e. The second-order valence-corrected chi connectivity index (χ2v) is 6.78. The molecule has 0 aromatic heterocycles. The number of amides is 2. The molecule has 3 N–H and O–H groups in total. The SMILES string of the molecule is COc1ccc2cc(CN(C)C(=O)CNC(=O)[C@@H](N)C(C)C)ccc2c1.Cl. The third-order valence-corrected chi connectivity index (χ3v) is 4.39. The first kappa shape index (κ1) is 22.7. The molecule has 2 amide bonds. The highest BCUT2D eigenvalue weighted by atomic mass is 35.5. The summed E-state index contributed by atoms with van der Waals surface area (Å²) >= 11 is 0. The second kappa shape index (κ2) is 10.1. The molecule has 0 fully saturated rings. The predicted molar refractivity (Wildman–Crippen MR) is 110 cm³/mol. The second-order valence-electron chi connectivity index (χ2n) is 6.78. The van der Waals surface area contributed by atoms with Gasteiger partial charge in [0.2, 0.25) is 11.8 Å². The first-order chi connectivity index (χ1) is 12.3. The van der Waals surface area contributed by atoms with Crippen LogP contribution >= 0.6 is 12.4 Å². The van der Waals surface area contributed by atoms with Gasteiger partial charge in [-0.05, 0) is 40.5 Å². The molecule has 0 saturated carbocycles. The molecule has 0 heterocycles. The van der Waals surface area contributed by atoms with Crippen LogP contribution in [-0.2, 0) is 16.1 Å². The van der Waals surface area contributed by atoms with Gasteiger partial charge in [-0.3, -0.25) is 9.59 Å². The number of carbonyl (C=O) groups excluding carboxylic acids is 2. The number of fused-ring (bicyclic) bond motifs is 1. The molecule has 0 bridgehead atoms. The summed E-state index contributed by atoms with van der Waals surface area (Å²) in [6, 6.07) is 11.3. The Labute approximate surface area is 166 Å².